The van der Waals surface area contributed by atoms with Crippen molar-refractivity contribution in [1.29, 1.82) is 0 Å². The van der Waals surface area contributed by atoms with Gasteiger partial charge in [0.15, 0.2) is 0 Å². The van der Waals surface area contributed by atoms with Gasteiger partial charge in [-0.2, -0.15) is 4.31 Å². The van der Waals surface area contributed by atoms with Crippen molar-refractivity contribution in [1.82, 2.24) is 4.31 Å². The van der Waals surface area contributed by atoms with Gasteiger partial charge in [-0.1, -0.05) is 0 Å². The molecule has 0 aromatic carbocycles. The molecule has 0 aromatic rings. The molecule has 0 spiro atoms. The number of hydrogen-bond donors (Lipinski definition) is 1. The van der Waals surface area contributed by atoms with Crippen LogP contribution >= 0.6 is 23.2 Å². The Balaban J connectivity index is 4.12. The molecule has 6 heteroatoms. The predicted molar refractivity (Wildman–Crippen MR) is 43.2 cm³/mol. The first kappa shape index (κ1) is 10.7. The Hall–Kier alpha value is 0.650. The maximum atomic E-state index is 10.5. The van der Waals surface area contributed by atoms with Crippen LogP contribution in [0.1, 0.15) is 13.8 Å². The molecule has 0 aromatic heterocycles. The maximum absolute atomic E-state index is 10.5. The van der Waals surface area contributed by atoms with Gasteiger partial charge in [0.1, 0.15) is 0 Å². The van der Waals surface area contributed by atoms with E-state index in [-0.39, 0.29) is 0 Å². The minimum atomic E-state index is -2.09. The number of halogens is 2. The fraction of sp³-hybridized carbons (Fsp3) is 1.00. The molecular weight excluding hydrogens is 197 g/mol. The number of rotatable bonds is 3. The van der Waals surface area contributed by atoms with Crippen LogP contribution in [0.4, 0.5) is 0 Å². The summed E-state index contributed by atoms with van der Waals surface area (Å²) in [5.74, 6) is 0. The van der Waals surface area contributed by atoms with Gasteiger partial charge in [0.25, 0.3) is 0 Å². The van der Waals surface area contributed by atoms with E-state index in [1.807, 2.05) is 0 Å². The Kier molecular flexibility index (Phi) is 4.81. The molecule has 0 aliphatic heterocycles. The van der Waals surface area contributed by atoms with Gasteiger partial charge in [-0.05, 0) is 13.8 Å². The second-order valence-corrected chi connectivity index (χ2v) is 3.88. The van der Waals surface area contributed by atoms with Crippen molar-refractivity contribution >= 4 is 34.5 Å². The summed E-state index contributed by atoms with van der Waals surface area (Å²) in [5, 5.41) is 0. The molecule has 0 radical (unpaired) electrons. The molecule has 10 heavy (non-hydrogen) atoms. The standard InChI is InChI=1S/C4H9Cl2NO2S/c1-3(5)7(4(2)6)10(8)9/h3-4H,1-2H3,(H,8,9). The maximum Gasteiger partial charge on any atom is 0.237 e. The second kappa shape index (κ2) is 4.51. The molecule has 0 aliphatic carbocycles. The lowest BCUT2D eigenvalue weighted by Crippen LogP contribution is -2.35. The molecule has 0 amide bonds. The van der Waals surface area contributed by atoms with Gasteiger partial charge in [0.05, 0.1) is 11.0 Å². The van der Waals surface area contributed by atoms with Crippen LogP contribution < -0.4 is 0 Å². The molecule has 3 atom stereocenters. The third-order valence-corrected chi connectivity index (χ3v) is 2.53. The van der Waals surface area contributed by atoms with Crippen LogP contribution in [0.25, 0.3) is 0 Å². The van der Waals surface area contributed by atoms with Crippen LogP contribution in [0.15, 0.2) is 0 Å². The molecule has 0 heterocycles. The minimum Gasteiger partial charge on any atom is -0.294 e. The van der Waals surface area contributed by atoms with E-state index in [0.29, 0.717) is 0 Å². The average molecular weight is 206 g/mol. The predicted octanol–water partition coefficient (Wildman–Crippen LogP) is 1.59. The summed E-state index contributed by atoms with van der Waals surface area (Å²) in [4.78, 5) is 0. The molecule has 3 nitrogen and oxygen atoms in total. The SMILES string of the molecule is CC(Cl)N(C(C)Cl)S(=O)O. The van der Waals surface area contributed by atoms with E-state index < -0.39 is 22.3 Å². The third-order valence-electron chi connectivity index (χ3n) is 0.882. The van der Waals surface area contributed by atoms with E-state index in [1.165, 1.54) is 0 Å². The van der Waals surface area contributed by atoms with Crippen LogP contribution in [0.2, 0.25) is 0 Å². The topological polar surface area (TPSA) is 40.5 Å². The molecule has 0 saturated heterocycles. The van der Waals surface area contributed by atoms with Crippen molar-refractivity contribution in [2.45, 2.75) is 24.8 Å². The molecule has 0 aliphatic rings. The number of alkyl halides is 2. The van der Waals surface area contributed by atoms with Gasteiger partial charge in [-0.25, -0.2) is 4.21 Å². The van der Waals surface area contributed by atoms with Crippen LogP contribution in [-0.4, -0.2) is 24.1 Å². The van der Waals surface area contributed by atoms with E-state index in [0.717, 1.165) is 4.31 Å². The van der Waals surface area contributed by atoms with Gasteiger partial charge < -0.3 is 0 Å². The van der Waals surface area contributed by atoms with Gasteiger partial charge in [-0.3, -0.25) is 4.55 Å². The van der Waals surface area contributed by atoms with Crippen molar-refractivity contribution in [3.63, 3.8) is 0 Å². The summed E-state index contributed by atoms with van der Waals surface area (Å²) in [6, 6.07) is 0. The number of hydrogen-bond acceptors (Lipinski definition) is 1. The highest BCUT2D eigenvalue weighted by atomic mass is 35.5. The quantitative estimate of drug-likeness (QED) is 0.432. The van der Waals surface area contributed by atoms with Crippen LogP contribution in [0, 0.1) is 0 Å². The molecule has 0 saturated carbocycles. The summed E-state index contributed by atoms with van der Waals surface area (Å²) in [5.41, 5.74) is -1.09. The van der Waals surface area contributed by atoms with Crippen molar-refractivity contribution in [3.8, 4) is 0 Å². The van der Waals surface area contributed by atoms with Crippen molar-refractivity contribution in [3.05, 3.63) is 0 Å². The molecular formula is C4H9Cl2NO2S. The van der Waals surface area contributed by atoms with Gasteiger partial charge >= 0.3 is 0 Å². The lowest BCUT2D eigenvalue weighted by atomic mass is 10.6. The number of nitrogens with zero attached hydrogens (tertiary/aromatic N) is 1. The van der Waals surface area contributed by atoms with E-state index in [9.17, 15) is 4.21 Å². The Morgan fingerprint density at radius 3 is 1.70 bits per heavy atom. The molecule has 62 valence electrons. The van der Waals surface area contributed by atoms with E-state index >= 15 is 0 Å². The first-order valence-electron chi connectivity index (χ1n) is 2.64. The smallest absolute Gasteiger partial charge is 0.237 e. The fourth-order valence-corrected chi connectivity index (χ4v) is 1.83. The first-order chi connectivity index (χ1) is 4.46. The minimum absolute atomic E-state index is 0.543. The fourth-order valence-electron chi connectivity index (χ4n) is 0.532. The zero-order valence-electron chi connectivity index (χ0n) is 5.62. The Bertz CT molecular complexity index is 122. The first-order valence-corrected chi connectivity index (χ1v) is 4.58. The third kappa shape index (κ3) is 3.16. The molecule has 3 unspecified atom stereocenters. The highest BCUT2D eigenvalue weighted by Gasteiger charge is 2.21. The van der Waals surface area contributed by atoms with E-state index in [1.54, 1.807) is 13.8 Å². The summed E-state index contributed by atoms with van der Waals surface area (Å²) < 4.78 is 20.1. The van der Waals surface area contributed by atoms with Crippen LogP contribution in [-0.2, 0) is 11.3 Å². The summed E-state index contributed by atoms with van der Waals surface area (Å²) in [6.07, 6.45) is 0. The van der Waals surface area contributed by atoms with Gasteiger partial charge in [0, 0.05) is 0 Å². The average Bonchev–Trinajstić information content (AvgIpc) is 1.59. The monoisotopic (exact) mass is 205 g/mol. The summed E-state index contributed by atoms with van der Waals surface area (Å²) in [6.45, 7) is 3.16. The Labute approximate surface area is 72.7 Å². The Morgan fingerprint density at radius 1 is 1.40 bits per heavy atom. The zero-order valence-corrected chi connectivity index (χ0v) is 7.95. The molecule has 0 rings (SSSR count). The van der Waals surface area contributed by atoms with Gasteiger partial charge in [0.2, 0.25) is 11.3 Å². The van der Waals surface area contributed by atoms with Crippen LogP contribution in [0.3, 0.4) is 0 Å². The Morgan fingerprint density at radius 2 is 1.70 bits per heavy atom. The van der Waals surface area contributed by atoms with Crippen molar-refractivity contribution < 1.29 is 8.76 Å². The lowest BCUT2D eigenvalue weighted by Gasteiger charge is -2.21. The second-order valence-electron chi connectivity index (χ2n) is 1.74. The highest BCUT2D eigenvalue weighted by Crippen LogP contribution is 2.13. The lowest BCUT2D eigenvalue weighted by molar-refractivity contribution is 0.379. The van der Waals surface area contributed by atoms with Crippen molar-refractivity contribution in [2.24, 2.45) is 0 Å². The zero-order chi connectivity index (χ0) is 8.31. The normalized spacial score (nSPS) is 20.6. The summed E-state index contributed by atoms with van der Waals surface area (Å²) in [7, 11) is 0. The summed E-state index contributed by atoms with van der Waals surface area (Å²) >= 11 is 8.95. The molecule has 0 bridgehead atoms. The molecule has 1 N–H and O–H groups in total. The van der Waals surface area contributed by atoms with E-state index in [2.05, 4.69) is 0 Å². The highest BCUT2D eigenvalue weighted by molar-refractivity contribution is 7.76. The van der Waals surface area contributed by atoms with E-state index in [4.69, 9.17) is 27.8 Å². The largest absolute Gasteiger partial charge is 0.294 e. The van der Waals surface area contributed by atoms with Crippen LogP contribution in [0.5, 0.6) is 0 Å². The molecule has 0 fully saturated rings. The van der Waals surface area contributed by atoms with Gasteiger partial charge in [-0.15, -0.1) is 23.2 Å². The van der Waals surface area contributed by atoms with Crippen molar-refractivity contribution in [2.75, 3.05) is 0 Å².